The molecule has 0 saturated carbocycles. The van der Waals surface area contributed by atoms with Crippen molar-refractivity contribution in [2.45, 2.75) is 19.4 Å². The maximum atomic E-state index is 12.7. The van der Waals surface area contributed by atoms with Crippen LogP contribution in [0.2, 0.25) is 0 Å². The van der Waals surface area contributed by atoms with Gasteiger partial charge in [-0.3, -0.25) is 14.4 Å². The number of fused-ring (bicyclic) bond motifs is 2. The first kappa shape index (κ1) is 18.5. The van der Waals surface area contributed by atoms with E-state index in [0.29, 0.717) is 22.1 Å². The number of rotatable bonds is 5. The van der Waals surface area contributed by atoms with Gasteiger partial charge >= 0.3 is 5.97 Å². The Balaban J connectivity index is 1.51. The summed E-state index contributed by atoms with van der Waals surface area (Å²) in [6.07, 6.45) is 0.0677. The Labute approximate surface area is 165 Å². The molecule has 2 aliphatic heterocycles. The first-order valence-corrected chi connectivity index (χ1v) is 8.79. The highest BCUT2D eigenvalue weighted by atomic mass is 16.7. The second kappa shape index (κ2) is 7.27. The molecule has 4 rings (SSSR count). The Kier molecular flexibility index (Phi) is 4.63. The molecule has 2 aliphatic rings. The van der Waals surface area contributed by atoms with E-state index in [1.54, 1.807) is 30.3 Å². The zero-order valence-electron chi connectivity index (χ0n) is 15.3. The molecule has 1 unspecified atom stereocenters. The fraction of sp³-hybridized carbons (Fsp3) is 0.200. The van der Waals surface area contributed by atoms with Gasteiger partial charge in [-0.2, -0.15) is 0 Å². The van der Waals surface area contributed by atoms with Crippen molar-refractivity contribution in [3.05, 3.63) is 59.2 Å². The van der Waals surface area contributed by atoms with Gasteiger partial charge in [0.05, 0.1) is 11.1 Å². The fourth-order valence-electron chi connectivity index (χ4n) is 3.15. The first-order valence-electron chi connectivity index (χ1n) is 8.79. The largest absolute Gasteiger partial charge is 0.454 e. The van der Waals surface area contributed by atoms with Gasteiger partial charge in [0.1, 0.15) is 6.04 Å². The highest BCUT2D eigenvalue weighted by molar-refractivity contribution is 6.20. The Hall–Kier alpha value is -3.88. The number of hydroxylamine groups is 2. The van der Waals surface area contributed by atoms with Crippen molar-refractivity contribution in [3.8, 4) is 11.5 Å². The molecule has 2 aromatic carbocycles. The van der Waals surface area contributed by atoms with Gasteiger partial charge in [0, 0.05) is 13.3 Å². The number of hydrogen-bond acceptors (Lipinski definition) is 7. The van der Waals surface area contributed by atoms with Crippen LogP contribution in [0.1, 0.15) is 33.2 Å². The van der Waals surface area contributed by atoms with E-state index in [0.717, 1.165) is 0 Å². The highest BCUT2D eigenvalue weighted by Crippen LogP contribution is 2.33. The fourth-order valence-corrected chi connectivity index (χ4v) is 3.15. The SMILES string of the molecule is CC(=O)NC(Cc1ccc2c(c1)OCO2)C(=O)ON1C(=O)c2ccccc2C1=O. The average Bonchev–Trinajstić information content (AvgIpc) is 3.26. The lowest BCUT2D eigenvalue weighted by Crippen LogP contribution is -2.46. The van der Waals surface area contributed by atoms with Gasteiger partial charge in [0.15, 0.2) is 11.5 Å². The molecule has 0 aliphatic carbocycles. The molecule has 3 amide bonds. The predicted octanol–water partition coefficient (Wildman–Crippen LogP) is 1.22. The monoisotopic (exact) mass is 396 g/mol. The number of nitrogens with one attached hydrogen (secondary N) is 1. The Morgan fingerprint density at radius 2 is 1.72 bits per heavy atom. The second-order valence-electron chi connectivity index (χ2n) is 6.51. The average molecular weight is 396 g/mol. The van der Waals surface area contributed by atoms with E-state index in [9.17, 15) is 19.2 Å². The standard InChI is InChI=1S/C20H16N2O7/c1-11(23)21-15(8-12-6-7-16-17(9-12)28-10-27-16)20(26)29-22-18(24)13-4-2-3-5-14(13)19(22)25/h2-7,9,15H,8,10H2,1H3,(H,21,23). The van der Waals surface area contributed by atoms with Crippen LogP contribution in [0.15, 0.2) is 42.5 Å². The molecular formula is C20H16N2O7. The number of hydrogen-bond donors (Lipinski definition) is 1. The predicted molar refractivity (Wildman–Crippen MR) is 96.9 cm³/mol. The Morgan fingerprint density at radius 1 is 1.07 bits per heavy atom. The number of amides is 3. The third kappa shape index (κ3) is 3.49. The molecule has 1 N–H and O–H groups in total. The zero-order chi connectivity index (χ0) is 20.5. The van der Waals surface area contributed by atoms with E-state index < -0.39 is 29.7 Å². The van der Waals surface area contributed by atoms with Crippen LogP contribution in [0.3, 0.4) is 0 Å². The summed E-state index contributed by atoms with van der Waals surface area (Å²) < 4.78 is 10.6. The summed E-state index contributed by atoms with van der Waals surface area (Å²) in [7, 11) is 0. The smallest absolute Gasteiger partial charge is 0.355 e. The molecule has 0 aromatic heterocycles. The van der Waals surface area contributed by atoms with Crippen molar-refractivity contribution in [1.82, 2.24) is 10.4 Å². The number of ether oxygens (including phenoxy) is 2. The van der Waals surface area contributed by atoms with Crippen molar-refractivity contribution in [2.75, 3.05) is 6.79 Å². The Bertz CT molecular complexity index is 998. The van der Waals surface area contributed by atoms with Crippen molar-refractivity contribution in [1.29, 1.82) is 0 Å². The van der Waals surface area contributed by atoms with Crippen molar-refractivity contribution < 1.29 is 33.5 Å². The van der Waals surface area contributed by atoms with Crippen LogP contribution in [0.25, 0.3) is 0 Å². The number of carbonyl (C=O) groups is 4. The van der Waals surface area contributed by atoms with Gasteiger partial charge in [-0.15, -0.1) is 0 Å². The number of imide groups is 1. The third-order valence-corrected chi connectivity index (χ3v) is 4.48. The number of benzene rings is 2. The third-order valence-electron chi connectivity index (χ3n) is 4.48. The molecule has 9 heteroatoms. The van der Waals surface area contributed by atoms with Gasteiger partial charge in [-0.1, -0.05) is 23.3 Å². The normalized spacial score (nSPS) is 15.1. The van der Waals surface area contributed by atoms with Gasteiger partial charge in [0.25, 0.3) is 11.8 Å². The van der Waals surface area contributed by atoms with Crippen LogP contribution in [0.5, 0.6) is 11.5 Å². The zero-order valence-corrected chi connectivity index (χ0v) is 15.3. The molecule has 148 valence electrons. The van der Waals surface area contributed by atoms with Gasteiger partial charge in [-0.05, 0) is 29.8 Å². The van der Waals surface area contributed by atoms with E-state index in [1.165, 1.54) is 19.1 Å². The summed E-state index contributed by atoms with van der Waals surface area (Å²) in [5.41, 5.74) is 0.974. The summed E-state index contributed by atoms with van der Waals surface area (Å²) in [4.78, 5) is 54.1. The molecule has 9 nitrogen and oxygen atoms in total. The summed E-state index contributed by atoms with van der Waals surface area (Å²) in [5, 5.41) is 2.90. The molecule has 0 spiro atoms. The number of carbonyl (C=O) groups excluding carboxylic acids is 4. The van der Waals surface area contributed by atoms with Crippen LogP contribution < -0.4 is 14.8 Å². The minimum Gasteiger partial charge on any atom is -0.454 e. The van der Waals surface area contributed by atoms with Crippen LogP contribution in [0.4, 0.5) is 0 Å². The van der Waals surface area contributed by atoms with E-state index in [2.05, 4.69) is 5.32 Å². The summed E-state index contributed by atoms with van der Waals surface area (Å²) in [5.74, 6) is -1.76. The quantitative estimate of drug-likeness (QED) is 0.757. The van der Waals surface area contributed by atoms with Crippen LogP contribution in [0, 0.1) is 0 Å². The van der Waals surface area contributed by atoms with E-state index >= 15 is 0 Å². The molecule has 29 heavy (non-hydrogen) atoms. The first-order chi connectivity index (χ1) is 13.9. The van der Waals surface area contributed by atoms with E-state index in [4.69, 9.17) is 14.3 Å². The maximum absolute atomic E-state index is 12.7. The van der Waals surface area contributed by atoms with E-state index in [1.807, 2.05) is 0 Å². The number of nitrogens with zero attached hydrogens (tertiary/aromatic N) is 1. The minimum atomic E-state index is -1.11. The van der Waals surface area contributed by atoms with Gasteiger partial charge < -0.3 is 19.6 Å². The van der Waals surface area contributed by atoms with Crippen LogP contribution >= 0.6 is 0 Å². The van der Waals surface area contributed by atoms with Crippen molar-refractivity contribution >= 4 is 23.7 Å². The van der Waals surface area contributed by atoms with E-state index in [-0.39, 0.29) is 24.3 Å². The summed E-state index contributed by atoms with van der Waals surface area (Å²) in [6, 6.07) is 10.1. The maximum Gasteiger partial charge on any atom is 0.355 e. The van der Waals surface area contributed by atoms with Crippen molar-refractivity contribution in [2.24, 2.45) is 0 Å². The minimum absolute atomic E-state index is 0.0677. The second-order valence-corrected chi connectivity index (χ2v) is 6.51. The Morgan fingerprint density at radius 3 is 2.38 bits per heavy atom. The molecule has 1 atom stereocenters. The lowest BCUT2D eigenvalue weighted by atomic mass is 10.1. The highest BCUT2D eigenvalue weighted by Gasteiger charge is 2.40. The molecule has 2 heterocycles. The molecular weight excluding hydrogens is 380 g/mol. The van der Waals surface area contributed by atoms with Crippen LogP contribution in [-0.2, 0) is 20.8 Å². The molecule has 0 fully saturated rings. The molecule has 0 bridgehead atoms. The lowest BCUT2D eigenvalue weighted by molar-refractivity contribution is -0.171. The molecule has 0 radical (unpaired) electrons. The molecule has 0 saturated heterocycles. The lowest BCUT2D eigenvalue weighted by Gasteiger charge is -2.19. The van der Waals surface area contributed by atoms with Crippen molar-refractivity contribution in [3.63, 3.8) is 0 Å². The van der Waals surface area contributed by atoms with Gasteiger partial charge in [0.2, 0.25) is 12.7 Å². The topological polar surface area (TPSA) is 111 Å². The summed E-state index contributed by atoms with van der Waals surface area (Å²) >= 11 is 0. The summed E-state index contributed by atoms with van der Waals surface area (Å²) in [6.45, 7) is 1.36. The molecule has 2 aromatic rings. The van der Waals surface area contributed by atoms with Gasteiger partial charge in [-0.25, -0.2) is 4.79 Å². The van der Waals surface area contributed by atoms with Crippen LogP contribution in [-0.4, -0.2) is 41.6 Å².